The maximum Gasteiger partial charge on any atom is 0.271 e. The average molecular weight is 235 g/mol. The van der Waals surface area contributed by atoms with Crippen molar-refractivity contribution < 1.29 is 4.79 Å². The molecule has 17 heavy (non-hydrogen) atoms. The van der Waals surface area contributed by atoms with E-state index in [4.69, 9.17) is 5.73 Å². The SMILES string of the molecule is CCn1cnnc1CNC(=O)c1[nH]ncc1N. The van der Waals surface area contributed by atoms with Crippen LogP contribution in [-0.2, 0) is 13.1 Å². The van der Waals surface area contributed by atoms with Gasteiger partial charge in [0, 0.05) is 6.54 Å². The molecule has 2 heterocycles. The van der Waals surface area contributed by atoms with E-state index in [0.717, 1.165) is 6.54 Å². The van der Waals surface area contributed by atoms with E-state index in [-0.39, 0.29) is 11.6 Å². The normalized spacial score (nSPS) is 10.4. The Morgan fingerprint density at radius 3 is 3.12 bits per heavy atom. The third-order valence-corrected chi connectivity index (χ3v) is 2.34. The first-order valence-electron chi connectivity index (χ1n) is 5.16. The van der Waals surface area contributed by atoms with Gasteiger partial charge >= 0.3 is 0 Å². The van der Waals surface area contributed by atoms with Crippen molar-refractivity contribution in [2.24, 2.45) is 0 Å². The molecule has 0 aromatic carbocycles. The number of H-pyrrole nitrogens is 1. The number of aryl methyl sites for hydroxylation is 1. The summed E-state index contributed by atoms with van der Waals surface area (Å²) in [5, 5.41) is 16.6. The van der Waals surface area contributed by atoms with Crippen molar-refractivity contribution in [2.45, 2.75) is 20.0 Å². The first-order chi connectivity index (χ1) is 8.22. The number of hydrogen-bond acceptors (Lipinski definition) is 5. The summed E-state index contributed by atoms with van der Waals surface area (Å²) in [5.74, 6) is 0.379. The van der Waals surface area contributed by atoms with E-state index in [9.17, 15) is 4.79 Å². The zero-order chi connectivity index (χ0) is 12.3. The van der Waals surface area contributed by atoms with Crippen LogP contribution in [0, 0.1) is 0 Å². The van der Waals surface area contributed by atoms with Gasteiger partial charge in [0.1, 0.15) is 12.0 Å². The largest absolute Gasteiger partial charge is 0.396 e. The van der Waals surface area contributed by atoms with Crippen LogP contribution in [0.25, 0.3) is 0 Å². The highest BCUT2D eigenvalue weighted by molar-refractivity contribution is 5.96. The first kappa shape index (κ1) is 11.1. The van der Waals surface area contributed by atoms with E-state index in [2.05, 4.69) is 25.7 Å². The highest BCUT2D eigenvalue weighted by atomic mass is 16.1. The Hall–Kier alpha value is -2.38. The number of nitrogens with two attached hydrogens (primary N) is 1. The number of hydrogen-bond donors (Lipinski definition) is 3. The van der Waals surface area contributed by atoms with Crippen molar-refractivity contribution in [3.05, 3.63) is 24.0 Å². The number of aromatic nitrogens is 5. The second-order valence-corrected chi connectivity index (χ2v) is 3.42. The van der Waals surface area contributed by atoms with E-state index in [1.165, 1.54) is 6.20 Å². The Morgan fingerprint density at radius 2 is 2.47 bits per heavy atom. The maximum atomic E-state index is 11.7. The van der Waals surface area contributed by atoms with Crippen LogP contribution >= 0.6 is 0 Å². The molecular weight excluding hydrogens is 222 g/mol. The fourth-order valence-electron chi connectivity index (χ4n) is 1.41. The second-order valence-electron chi connectivity index (χ2n) is 3.42. The van der Waals surface area contributed by atoms with Crippen LogP contribution in [-0.4, -0.2) is 30.9 Å². The summed E-state index contributed by atoms with van der Waals surface area (Å²) in [5.41, 5.74) is 6.13. The quantitative estimate of drug-likeness (QED) is 0.663. The van der Waals surface area contributed by atoms with Crippen LogP contribution in [0.15, 0.2) is 12.5 Å². The van der Waals surface area contributed by atoms with Gasteiger partial charge in [-0.1, -0.05) is 0 Å². The third-order valence-electron chi connectivity index (χ3n) is 2.34. The molecule has 0 bridgehead atoms. The number of nitrogens with one attached hydrogen (secondary N) is 2. The van der Waals surface area contributed by atoms with Crippen molar-refractivity contribution in [2.75, 3.05) is 5.73 Å². The minimum atomic E-state index is -0.314. The molecule has 0 fully saturated rings. The summed E-state index contributed by atoms with van der Waals surface area (Å²) >= 11 is 0. The summed E-state index contributed by atoms with van der Waals surface area (Å²) in [4.78, 5) is 11.7. The molecule has 0 atom stereocenters. The molecule has 0 aliphatic heterocycles. The van der Waals surface area contributed by atoms with E-state index in [1.54, 1.807) is 6.33 Å². The molecule has 0 saturated carbocycles. The summed E-state index contributed by atoms with van der Waals surface area (Å²) in [6.45, 7) is 3.02. The van der Waals surface area contributed by atoms with Crippen LogP contribution in [0.1, 0.15) is 23.2 Å². The number of nitrogen functional groups attached to an aromatic ring is 1. The molecule has 2 aromatic rings. The summed E-state index contributed by atoms with van der Waals surface area (Å²) in [6, 6.07) is 0. The topological polar surface area (TPSA) is 115 Å². The highest BCUT2D eigenvalue weighted by Gasteiger charge is 2.12. The van der Waals surface area contributed by atoms with Crippen molar-refractivity contribution in [1.82, 2.24) is 30.3 Å². The lowest BCUT2D eigenvalue weighted by Crippen LogP contribution is -2.25. The molecular formula is C9H13N7O. The molecule has 0 aliphatic carbocycles. The fraction of sp³-hybridized carbons (Fsp3) is 0.333. The number of nitrogens with zero attached hydrogens (tertiary/aromatic N) is 4. The number of carbonyl (C=O) groups is 1. The number of aromatic amines is 1. The Morgan fingerprint density at radius 1 is 1.65 bits per heavy atom. The zero-order valence-electron chi connectivity index (χ0n) is 9.34. The Balaban J connectivity index is 1.99. The Labute approximate surface area is 97.2 Å². The molecule has 2 rings (SSSR count). The third kappa shape index (κ3) is 2.25. The molecule has 8 heteroatoms. The first-order valence-corrected chi connectivity index (χ1v) is 5.16. The van der Waals surface area contributed by atoms with Gasteiger partial charge < -0.3 is 15.6 Å². The minimum absolute atomic E-state index is 0.257. The molecule has 8 nitrogen and oxygen atoms in total. The summed E-state index contributed by atoms with van der Waals surface area (Å²) in [6.07, 6.45) is 3.01. The van der Waals surface area contributed by atoms with Gasteiger partial charge in [0.25, 0.3) is 5.91 Å². The predicted molar refractivity (Wildman–Crippen MR) is 59.9 cm³/mol. The van der Waals surface area contributed by atoms with Crippen molar-refractivity contribution in [3.63, 3.8) is 0 Å². The standard InChI is InChI=1S/C9H13N7O/c1-2-16-5-13-14-7(16)4-11-9(17)8-6(10)3-12-15-8/h3,5H,2,4,10H2,1H3,(H,11,17)(H,12,15). The molecule has 4 N–H and O–H groups in total. The van der Waals surface area contributed by atoms with Crippen molar-refractivity contribution in [1.29, 1.82) is 0 Å². The van der Waals surface area contributed by atoms with Gasteiger partial charge in [0.15, 0.2) is 5.82 Å². The molecule has 2 aromatic heterocycles. The molecule has 0 aliphatic rings. The highest BCUT2D eigenvalue weighted by Crippen LogP contribution is 2.05. The van der Waals surface area contributed by atoms with Crippen LogP contribution in [0.3, 0.4) is 0 Å². The van der Waals surface area contributed by atoms with E-state index in [0.29, 0.717) is 18.1 Å². The number of rotatable bonds is 4. The van der Waals surface area contributed by atoms with Crippen LogP contribution in [0.2, 0.25) is 0 Å². The van der Waals surface area contributed by atoms with Crippen LogP contribution in [0.4, 0.5) is 5.69 Å². The van der Waals surface area contributed by atoms with Gasteiger partial charge in [0.2, 0.25) is 0 Å². The van der Waals surface area contributed by atoms with Gasteiger partial charge in [-0.25, -0.2) is 0 Å². The molecule has 0 unspecified atom stereocenters. The van der Waals surface area contributed by atoms with Crippen molar-refractivity contribution >= 4 is 11.6 Å². The van der Waals surface area contributed by atoms with E-state index < -0.39 is 0 Å². The van der Waals surface area contributed by atoms with Crippen LogP contribution < -0.4 is 11.1 Å². The molecule has 1 amide bonds. The van der Waals surface area contributed by atoms with Gasteiger partial charge in [-0.15, -0.1) is 10.2 Å². The smallest absolute Gasteiger partial charge is 0.271 e. The fourth-order valence-corrected chi connectivity index (χ4v) is 1.41. The Bertz CT molecular complexity index is 515. The predicted octanol–water partition coefficient (Wildman–Crippen LogP) is -0.467. The minimum Gasteiger partial charge on any atom is -0.396 e. The average Bonchev–Trinajstić information content (AvgIpc) is 2.94. The summed E-state index contributed by atoms with van der Waals surface area (Å²) in [7, 11) is 0. The lowest BCUT2D eigenvalue weighted by atomic mass is 10.3. The van der Waals surface area contributed by atoms with E-state index in [1.807, 2.05) is 11.5 Å². The van der Waals surface area contributed by atoms with Crippen LogP contribution in [0.5, 0.6) is 0 Å². The lowest BCUT2D eigenvalue weighted by molar-refractivity contribution is 0.0945. The van der Waals surface area contributed by atoms with Crippen molar-refractivity contribution in [3.8, 4) is 0 Å². The summed E-state index contributed by atoms with van der Waals surface area (Å²) < 4.78 is 1.84. The molecule has 0 radical (unpaired) electrons. The monoisotopic (exact) mass is 235 g/mol. The second kappa shape index (κ2) is 4.64. The molecule has 0 spiro atoms. The zero-order valence-corrected chi connectivity index (χ0v) is 9.34. The molecule has 0 saturated heterocycles. The van der Waals surface area contributed by atoms with Gasteiger partial charge in [-0.3, -0.25) is 9.89 Å². The van der Waals surface area contributed by atoms with Gasteiger partial charge in [0.05, 0.1) is 18.4 Å². The Kier molecular flexibility index (Phi) is 3.03. The maximum absolute atomic E-state index is 11.7. The van der Waals surface area contributed by atoms with E-state index >= 15 is 0 Å². The number of amides is 1. The number of anilines is 1. The van der Waals surface area contributed by atoms with Gasteiger partial charge in [-0.05, 0) is 6.92 Å². The number of carbonyl (C=O) groups excluding carboxylic acids is 1. The molecule has 90 valence electrons. The van der Waals surface area contributed by atoms with Gasteiger partial charge in [-0.2, -0.15) is 5.10 Å². The lowest BCUT2D eigenvalue weighted by Gasteiger charge is -2.05.